The number of hydrogen-bond donors (Lipinski definition) is 0. The Morgan fingerprint density at radius 3 is 2.53 bits per heavy atom. The van der Waals surface area contributed by atoms with Gasteiger partial charge in [-0.2, -0.15) is 0 Å². The smallest absolute Gasteiger partial charge is 0.306 e. The van der Waals surface area contributed by atoms with Crippen LogP contribution in [0.5, 0.6) is 11.5 Å². The van der Waals surface area contributed by atoms with Crippen LogP contribution in [0.4, 0.5) is 0 Å². The fourth-order valence-electron chi connectivity index (χ4n) is 1.82. The lowest BCUT2D eigenvalue weighted by molar-refractivity contribution is -0.143. The Bertz CT molecular complexity index is 440. The van der Waals surface area contributed by atoms with E-state index in [0.717, 1.165) is 5.56 Å². The van der Waals surface area contributed by atoms with Gasteiger partial charge in [-0.25, -0.2) is 0 Å². The molecule has 4 nitrogen and oxygen atoms in total. The lowest BCUT2D eigenvalue weighted by Gasteiger charge is -2.15. The second kappa shape index (κ2) is 7.46. The molecule has 4 heteroatoms. The van der Waals surface area contributed by atoms with E-state index in [4.69, 9.17) is 14.2 Å². The van der Waals surface area contributed by atoms with E-state index in [1.807, 2.05) is 18.2 Å². The standard InChI is InChI=1S/C15H20O4/c1-5-11(10-15(16)19-6-2)12-7-8-13(17-3)14(9-12)18-4/h5,7-9,11H,1,6,10H2,2-4H3. The third-order valence-corrected chi connectivity index (χ3v) is 2.81. The molecule has 0 aliphatic rings. The quantitative estimate of drug-likeness (QED) is 0.561. The molecule has 1 rings (SSSR count). The van der Waals surface area contributed by atoms with Crippen LogP contribution in [-0.4, -0.2) is 26.8 Å². The van der Waals surface area contributed by atoms with Crippen LogP contribution in [-0.2, 0) is 9.53 Å². The average molecular weight is 264 g/mol. The van der Waals surface area contributed by atoms with E-state index in [9.17, 15) is 4.79 Å². The lowest BCUT2D eigenvalue weighted by atomic mass is 9.95. The number of esters is 1. The summed E-state index contributed by atoms with van der Waals surface area (Å²) in [6, 6.07) is 5.56. The van der Waals surface area contributed by atoms with E-state index >= 15 is 0 Å². The van der Waals surface area contributed by atoms with Crippen LogP contribution in [0.1, 0.15) is 24.8 Å². The summed E-state index contributed by atoms with van der Waals surface area (Å²) in [7, 11) is 3.16. The normalized spacial score (nSPS) is 11.5. The van der Waals surface area contributed by atoms with E-state index in [-0.39, 0.29) is 18.3 Å². The van der Waals surface area contributed by atoms with E-state index in [1.54, 1.807) is 27.2 Å². The molecule has 0 radical (unpaired) electrons. The zero-order chi connectivity index (χ0) is 14.3. The number of carbonyl (C=O) groups excluding carboxylic acids is 1. The number of hydrogen-bond acceptors (Lipinski definition) is 4. The van der Waals surface area contributed by atoms with Crippen LogP contribution < -0.4 is 9.47 Å². The first-order valence-electron chi connectivity index (χ1n) is 6.16. The van der Waals surface area contributed by atoms with E-state index in [2.05, 4.69) is 6.58 Å². The molecule has 0 saturated heterocycles. The molecule has 1 aromatic carbocycles. The maximum Gasteiger partial charge on any atom is 0.306 e. The number of ether oxygens (including phenoxy) is 3. The van der Waals surface area contributed by atoms with E-state index in [0.29, 0.717) is 18.1 Å². The van der Waals surface area contributed by atoms with Gasteiger partial charge in [0.2, 0.25) is 0 Å². The van der Waals surface area contributed by atoms with Crippen molar-refractivity contribution in [3.05, 3.63) is 36.4 Å². The first-order valence-corrected chi connectivity index (χ1v) is 6.16. The average Bonchev–Trinajstić information content (AvgIpc) is 2.44. The largest absolute Gasteiger partial charge is 0.493 e. The number of benzene rings is 1. The highest BCUT2D eigenvalue weighted by atomic mass is 16.5. The minimum absolute atomic E-state index is 0.0983. The summed E-state index contributed by atoms with van der Waals surface area (Å²) >= 11 is 0. The Labute approximate surface area is 114 Å². The Balaban J connectivity index is 2.92. The van der Waals surface area contributed by atoms with Crippen LogP contribution >= 0.6 is 0 Å². The van der Waals surface area contributed by atoms with Gasteiger partial charge < -0.3 is 14.2 Å². The van der Waals surface area contributed by atoms with Gasteiger partial charge in [0.25, 0.3) is 0 Å². The predicted octanol–water partition coefficient (Wildman–Crippen LogP) is 2.93. The van der Waals surface area contributed by atoms with Crippen molar-refractivity contribution in [1.82, 2.24) is 0 Å². The molecule has 0 aromatic heterocycles. The van der Waals surface area contributed by atoms with Gasteiger partial charge in [0.1, 0.15) is 0 Å². The molecule has 0 saturated carbocycles. The maximum atomic E-state index is 11.5. The van der Waals surface area contributed by atoms with Crippen molar-refractivity contribution in [2.24, 2.45) is 0 Å². The molecule has 0 aliphatic carbocycles. The SMILES string of the molecule is C=CC(CC(=O)OCC)c1ccc(OC)c(OC)c1. The summed E-state index contributed by atoms with van der Waals surface area (Å²) in [6.45, 7) is 5.94. The Hall–Kier alpha value is -1.97. The van der Waals surface area contributed by atoms with E-state index in [1.165, 1.54) is 0 Å². The molecule has 0 amide bonds. The molecule has 0 fully saturated rings. The highest BCUT2D eigenvalue weighted by Gasteiger charge is 2.15. The molecule has 0 bridgehead atoms. The van der Waals surface area contributed by atoms with Gasteiger partial charge in [0.05, 0.1) is 27.2 Å². The molecule has 19 heavy (non-hydrogen) atoms. The van der Waals surface area contributed by atoms with Crippen LogP contribution in [0.3, 0.4) is 0 Å². The van der Waals surface area contributed by atoms with Crippen LogP contribution in [0, 0.1) is 0 Å². The topological polar surface area (TPSA) is 44.8 Å². The third kappa shape index (κ3) is 4.02. The van der Waals surface area contributed by atoms with Gasteiger partial charge in [-0.1, -0.05) is 12.1 Å². The molecule has 1 aromatic rings. The Morgan fingerprint density at radius 2 is 2.00 bits per heavy atom. The first kappa shape index (κ1) is 15.1. The summed E-state index contributed by atoms with van der Waals surface area (Å²) in [5, 5.41) is 0. The molecule has 104 valence electrons. The fourth-order valence-corrected chi connectivity index (χ4v) is 1.82. The second-order valence-corrected chi connectivity index (χ2v) is 3.97. The van der Waals surface area contributed by atoms with Crippen LogP contribution in [0.2, 0.25) is 0 Å². The summed E-state index contributed by atoms with van der Waals surface area (Å²) in [4.78, 5) is 11.5. The lowest BCUT2D eigenvalue weighted by Crippen LogP contribution is -2.09. The number of rotatable bonds is 7. The van der Waals surface area contributed by atoms with Gasteiger partial charge >= 0.3 is 5.97 Å². The van der Waals surface area contributed by atoms with Gasteiger partial charge in [0.15, 0.2) is 11.5 Å². The molecule has 0 N–H and O–H groups in total. The van der Waals surface area contributed by atoms with Gasteiger partial charge in [-0.3, -0.25) is 4.79 Å². The molecule has 0 heterocycles. The van der Waals surface area contributed by atoms with Crippen molar-refractivity contribution >= 4 is 5.97 Å². The number of allylic oxidation sites excluding steroid dienone is 1. The number of methoxy groups -OCH3 is 2. The predicted molar refractivity (Wildman–Crippen MR) is 73.7 cm³/mol. The molecule has 1 unspecified atom stereocenters. The maximum absolute atomic E-state index is 11.5. The first-order chi connectivity index (χ1) is 9.15. The van der Waals surface area contributed by atoms with Gasteiger partial charge in [-0.15, -0.1) is 6.58 Å². The molecule has 1 atom stereocenters. The minimum atomic E-state index is -0.234. The fraction of sp³-hybridized carbons (Fsp3) is 0.400. The van der Waals surface area contributed by atoms with Crippen LogP contribution in [0.15, 0.2) is 30.9 Å². The molecular formula is C15H20O4. The summed E-state index contributed by atoms with van der Waals surface area (Å²) in [5.41, 5.74) is 0.945. The van der Waals surface area contributed by atoms with Crippen molar-refractivity contribution in [1.29, 1.82) is 0 Å². The van der Waals surface area contributed by atoms with Gasteiger partial charge in [0, 0.05) is 5.92 Å². The monoisotopic (exact) mass is 264 g/mol. The highest BCUT2D eigenvalue weighted by molar-refractivity contribution is 5.71. The highest BCUT2D eigenvalue weighted by Crippen LogP contribution is 2.32. The summed E-state index contributed by atoms with van der Waals surface area (Å²) < 4.78 is 15.4. The van der Waals surface area contributed by atoms with E-state index < -0.39 is 0 Å². The Morgan fingerprint density at radius 1 is 1.32 bits per heavy atom. The van der Waals surface area contributed by atoms with Gasteiger partial charge in [-0.05, 0) is 24.6 Å². The molecule has 0 spiro atoms. The second-order valence-electron chi connectivity index (χ2n) is 3.97. The van der Waals surface area contributed by atoms with Crippen molar-refractivity contribution in [3.63, 3.8) is 0 Å². The Kier molecular flexibility index (Phi) is 5.93. The molecule has 0 aliphatic heterocycles. The van der Waals surface area contributed by atoms with Crippen LogP contribution in [0.25, 0.3) is 0 Å². The van der Waals surface area contributed by atoms with Crippen molar-refractivity contribution < 1.29 is 19.0 Å². The van der Waals surface area contributed by atoms with Crippen molar-refractivity contribution in [3.8, 4) is 11.5 Å². The summed E-state index contributed by atoms with van der Waals surface area (Å²) in [5.74, 6) is 0.960. The summed E-state index contributed by atoms with van der Waals surface area (Å²) in [6.07, 6.45) is 2.00. The van der Waals surface area contributed by atoms with Crippen molar-refractivity contribution in [2.75, 3.05) is 20.8 Å². The number of carbonyl (C=O) groups is 1. The molecular weight excluding hydrogens is 244 g/mol. The zero-order valence-electron chi connectivity index (χ0n) is 11.6. The minimum Gasteiger partial charge on any atom is -0.493 e. The third-order valence-electron chi connectivity index (χ3n) is 2.81. The zero-order valence-corrected chi connectivity index (χ0v) is 11.6. The van der Waals surface area contributed by atoms with Crippen molar-refractivity contribution in [2.45, 2.75) is 19.3 Å².